The van der Waals surface area contributed by atoms with Gasteiger partial charge in [-0.25, -0.2) is 8.42 Å². The molecular formula is C11H20N2O4S. The number of sulfonamides is 1. The van der Waals surface area contributed by atoms with E-state index in [0.29, 0.717) is 19.5 Å². The van der Waals surface area contributed by atoms with E-state index in [1.54, 1.807) is 0 Å². The molecule has 6 nitrogen and oxygen atoms in total. The Hall–Kier alpha value is -0.660. The SMILES string of the molecule is CS(=O)(=O)N1CCC[C@@H]1C(=O)NC[C@H]1CCCO1. The van der Waals surface area contributed by atoms with Gasteiger partial charge in [0.15, 0.2) is 0 Å². The maximum atomic E-state index is 12.0. The summed E-state index contributed by atoms with van der Waals surface area (Å²) in [5, 5.41) is 2.80. The summed E-state index contributed by atoms with van der Waals surface area (Å²) in [6.07, 6.45) is 4.57. The summed E-state index contributed by atoms with van der Waals surface area (Å²) in [7, 11) is -3.29. The van der Waals surface area contributed by atoms with Crippen LogP contribution in [0.3, 0.4) is 0 Å². The first-order chi connectivity index (χ1) is 8.48. The third kappa shape index (κ3) is 3.21. The molecule has 1 N–H and O–H groups in total. The Morgan fingerprint density at radius 2 is 2.17 bits per heavy atom. The van der Waals surface area contributed by atoms with Crippen molar-refractivity contribution in [2.24, 2.45) is 0 Å². The summed E-state index contributed by atoms with van der Waals surface area (Å²) in [6.45, 7) is 1.67. The first-order valence-corrected chi connectivity index (χ1v) is 8.19. The molecule has 2 atom stereocenters. The van der Waals surface area contributed by atoms with Crippen LogP contribution in [0.2, 0.25) is 0 Å². The van der Waals surface area contributed by atoms with E-state index < -0.39 is 16.1 Å². The number of nitrogens with one attached hydrogen (secondary N) is 1. The first-order valence-electron chi connectivity index (χ1n) is 6.34. The zero-order valence-corrected chi connectivity index (χ0v) is 11.4. The third-order valence-corrected chi connectivity index (χ3v) is 4.75. The van der Waals surface area contributed by atoms with Gasteiger partial charge in [0, 0.05) is 19.7 Å². The predicted octanol–water partition coefficient (Wildman–Crippen LogP) is -0.294. The Kier molecular flexibility index (Phi) is 4.24. The summed E-state index contributed by atoms with van der Waals surface area (Å²) < 4.78 is 29.8. The minimum absolute atomic E-state index is 0.0852. The van der Waals surface area contributed by atoms with Crippen molar-refractivity contribution < 1.29 is 17.9 Å². The predicted molar refractivity (Wildman–Crippen MR) is 66.6 cm³/mol. The van der Waals surface area contributed by atoms with Crippen LogP contribution in [0.5, 0.6) is 0 Å². The van der Waals surface area contributed by atoms with Crippen molar-refractivity contribution in [3.63, 3.8) is 0 Å². The molecule has 0 aliphatic carbocycles. The minimum atomic E-state index is -3.29. The lowest BCUT2D eigenvalue weighted by molar-refractivity contribution is -0.124. The van der Waals surface area contributed by atoms with Crippen molar-refractivity contribution in [2.45, 2.75) is 37.8 Å². The number of carbonyl (C=O) groups excluding carboxylic acids is 1. The molecule has 0 unspecified atom stereocenters. The molecule has 7 heteroatoms. The van der Waals surface area contributed by atoms with Crippen LogP contribution in [0.25, 0.3) is 0 Å². The second-order valence-corrected chi connectivity index (χ2v) is 6.85. The molecule has 0 saturated carbocycles. The van der Waals surface area contributed by atoms with Crippen LogP contribution in [0.1, 0.15) is 25.7 Å². The number of carbonyl (C=O) groups is 1. The van der Waals surface area contributed by atoms with E-state index in [9.17, 15) is 13.2 Å². The number of amides is 1. The lowest BCUT2D eigenvalue weighted by Gasteiger charge is -2.22. The molecule has 0 radical (unpaired) electrons. The highest BCUT2D eigenvalue weighted by atomic mass is 32.2. The van der Waals surface area contributed by atoms with Crippen LogP contribution < -0.4 is 5.32 Å². The second kappa shape index (κ2) is 5.54. The average molecular weight is 276 g/mol. The number of hydrogen-bond acceptors (Lipinski definition) is 4. The summed E-state index contributed by atoms with van der Waals surface area (Å²) >= 11 is 0. The van der Waals surface area contributed by atoms with E-state index in [1.165, 1.54) is 4.31 Å². The van der Waals surface area contributed by atoms with E-state index in [-0.39, 0.29) is 12.0 Å². The largest absolute Gasteiger partial charge is 0.376 e. The summed E-state index contributed by atoms with van der Waals surface area (Å²) in [5.41, 5.74) is 0. The Bertz CT molecular complexity index is 403. The molecule has 0 spiro atoms. The highest BCUT2D eigenvalue weighted by Crippen LogP contribution is 2.20. The van der Waals surface area contributed by atoms with Crippen LogP contribution in [0.15, 0.2) is 0 Å². The lowest BCUT2D eigenvalue weighted by atomic mass is 10.2. The topological polar surface area (TPSA) is 75.7 Å². The van der Waals surface area contributed by atoms with Gasteiger partial charge in [0.2, 0.25) is 15.9 Å². The van der Waals surface area contributed by atoms with Crippen LogP contribution >= 0.6 is 0 Å². The second-order valence-electron chi connectivity index (χ2n) is 4.91. The first kappa shape index (κ1) is 13.8. The zero-order valence-electron chi connectivity index (χ0n) is 10.6. The average Bonchev–Trinajstić information content (AvgIpc) is 2.95. The molecule has 0 aromatic rings. The van der Waals surface area contributed by atoms with E-state index in [2.05, 4.69) is 5.32 Å². The van der Waals surface area contributed by atoms with Crippen LogP contribution in [0, 0.1) is 0 Å². The monoisotopic (exact) mass is 276 g/mol. The van der Waals surface area contributed by atoms with Crippen molar-refractivity contribution >= 4 is 15.9 Å². The van der Waals surface area contributed by atoms with Crippen LogP contribution in [0.4, 0.5) is 0 Å². The fourth-order valence-electron chi connectivity index (χ4n) is 2.54. The third-order valence-electron chi connectivity index (χ3n) is 3.46. The molecule has 2 rings (SSSR count). The fraction of sp³-hybridized carbons (Fsp3) is 0.909. The Labute approximate surface area is 108 Å². The van der Waals surface area contributed by atoms with Gasteiger partial charge in [-0.1, -0.05) is 0 Å². The molecule has 2 heterocycles. The molecule has 1 amide bonds. The normalized spacial score (nSPS) is 29.6. The molecule has 0 aromatic carbocycles. The maximum Gasteiger partial charge on any atom is 0.238 e. The van der Waals surface area contributed by atoms with Gasteiger partial charge in [-0.05, 0) is 25.7 Å². The van der Waals surface area contributed by atoms with Crippen molar-refractivity contribution in [1.29, 1.82) is 0 Å². The molecule has 2 fully saturated rings. The Morgan fingerprint density at radius 3 is 2.78 bits per heavy atom. The highest BCUT2D eigenvalue weighted by Gasteiger charge is 2.36. The highest BCUT2D eigenvalue weighted by molar-refractivity contribution is 7.88. The summed E-state index contributed by atoms with van der Waals surface area (Å²) in [5.74, 6) is -0.201. The van der Waals surface area contributed by atoms with E-state index >= 15 is 0 Å². The minimum Gasteiger partial charge on any atom is -0.376 e. The Balaban J connectivity index is 1.87. The van der Waals surface area contributed by atoms with E-state index in [1.807, 2.05) is 0 Å². The molecule has 104 valence electrons. The lowest BCUT2D eigenvalue weighted by Crippen LogP contribution is -2.47. The molecule has 0 bridgehead atoms. The number of rotatable bonds is 4. The van der Waals surface area contributed by atoms with Crippen molar-refractivity contribution in [3.8, 4) is 0 Å². The van der Waals surface area contributed by atoms with Gasteiger partial charge < -0.3 is 10.1 Å². The summed E-state index contributed by atoms with van der Waals surface area (Å²) in [4.78, 5) is 12.0. The Morgan fingerprint density at radius 1 is 1.39 bits per heavy atom. The standard InChI is InChI=1S/C11H20N2O4S/c1-18(15,16)13-6-2-5-10(13)11(14)12-8-9-4-3-7-17-9/h9-10H,2-8H2,1H3,(H,12,14)/t9-,10-/m1/s1. The van der Waals surface area contributed by atoms with E-state index in [0.717, 1.165) is 32.1 Å². The quantitative estimate of drug-likeness (QED) is 0.765. The van der Waals surface area contributed by atoms with Crippen LogP contribution in [-0.4, -0.2) is 56.7 Å². The number of nitrogens with zero attached hydrogens (tertiary/aromatic N) is 1. The maximum absolute atomic E-state index is 12.0. The number of ether oxygens (including phenoxy) is 1. The van der Waals surface area contributed by atoms with Crippen LogP contribution in [-0.2, 0) is 19.6 Å². The van der Waals surface area contributed by atoms with Crippen molar-refractivity contribution in [3.05, 3.63) is 0 Å². The summed E-state index contributed by atoms with van der Waals surface area (Å²) in [6, 6.07) is -0.540. The van der Waals surface area contributed by atoms with Gasteiger partial charge in [-0.2, -0.15) is 4.31 Å². The zero-order chi connectivity index (χ0) is 13.2. The van der Waals surface area contributed by atoms with Gasteiger partial charge in [-0.15, -0.1) is 0 Å². The van der Waals surface area contributed by atoms with Crippen molar-refractivity contribution in [1.82, 2.24) is 9.62 Å². The van der Waals surface area contributed by atoms with Gasteiger partial charge in [0.1, 0.15) is 6.04 Å². The molecule has 0 aromatic heterocycles. The molecule has 2 aliphatic heterocycles. The van der Waals surface area contributed by atoms with E-state index in [4.69, 9.17) is 4.74 Å². The molecule has 2 saturated heterocycles. The smallest absolute Gasteiger partial charge is 0.238 e. The molecular weight excluding hydrogens is 256 g/mol. The van der Waals surface area contributed by atoms with Gasteiger partial charge >= 0.3 is 0 Å². The molecule has 2 aliphatic rings. The van der Waals surface area contributed by atoms with Gasteiger partial charge in [-0.3, -0.25) is 4.79 Å². The molecule has 18 heavy (non-hydrogen) atoms. The number of hydrogen-bond donors (Lipinski definition) is 1. The van der Waals surface area contributed by atoms with Gasteiger partial charge in [0.25, 0.3) is 0 Å². The van der Waals surface area contributed by atoms with Crippen molar-refractivity contribution in [2.75, 3.05) is 26.0 Å². The fourth-order valence-corrected chi connectivity index (χ4v) is 3.66. The van der Waals surface area contributed by atoms with Gasteiger partial charge in [0.05, 0.1) is 12.4 Å².